The van der Waals surface area contributed by atoms with Gasteiger partial charge in [-0.05, 0) is 25.2 Å². The van der Waals surface area contributed by atoms with Crippen molar-refractivity contribution < 1.29 is 0 Å². The summed E-state index contributed by atoms with van der Waals surface area (Å²) in [5, 5.41) is 3.18. The fraction of sp³-hybridized carbons (Fsp3) is 0.571. The first kappa shape index (κ1) is 14.4. The molecule has 0 saturated carbocycles. The summed E-state index contributed by atoms with van der Waals surface area (Å²) in [6, 6.07) is 0.188. The quantitative estimate of drug-likeness (QED) is 0.724. The average Bonchev–Trinajstić information content (AvgIpc) is 2.40. The molecule has 1 aromatic rings. The lowest BCUT2D eigenvalue weighted by Crippen LogP contribution is -2.36. The molecule has 0 aliphatic heterocycles. The minimum atomic E-state index is -0.449. The van der Waals surface area contributed by atoms with Crippen LogP contribution in [0.3, 0.4) is 0 Å². The number of nitrogen functional groups attached to an aromatic ring is 1. The molecule has 0 bridgehead atoms. The zero-order valence-corrected chi connectivity index (χ0v) is 12.0. The molecule has 1 aliphatic rings. The maximum atomic E-state index is 11.9. The Morgan fingerprint density at radius 3 is 2.80 bits per heavy atom. The van der Waals surface area contributed by atoms with Crippen molar-refractivity contribution in [2.75, 3.05) is 11.1 Å². The molecule has 0 radical (unpaired) electrons. The molecular weight excluding hydrogens is 256 g/mol. The van der Waals surface area contributed by atoms with Crippen molar-refractivity contribution in [3.63, 3.8) is 0 Å². The fourth-order valence-electron chi connectivity index (χ4n) is 2.40. The Labute approximate surface area is 117 Å². The molecule has 20 heavy (non-hydrogen) atoms. The van der Waals surface area contributed by atoms with Crippen LogP contribution in [0.5, 0.6) is 0 Å². The fourth-order valence-corrected chi connectivity index (χ4v) is 2.40. The van der Waals surface area contributed by atoms with Crippen LogP contribution in [0.1, 0.15) is 33.1 Å². The van der Waals surface area contributed by atoms with Gasteiger partial charge in [0.2, 0.25) is 0 Å². The number of nitrogens with zero attached hydrogens (tertiary/aromatic N) is 1. The van der Waals surface area contributed by atoms with E-state index in [1.807, 2.05) is 13.8 Å². The summed E-state index contributed by atoms with van der Waals surface area (Å²) >= 11 is 0. The van der Waals surface area contributed by atoms with Crippen molar-refractivity contribution in [3.05, 3.63) is 33.0 Å². The van der Waals surface area contributed by atoms with Gasteiger partial charge in [0.25, 0.3) is 5.56 Å². The monoisotopic (exact) mass is 278 g/mol. The molecule has 4 N–H and O–H groups in total. The average molecular weight is 278 g/mol. The van der Waals surface area contributed by atoms with Gasteiger partial charge in [-0.1, -0.05) is 26.0 Å². The number of hydrogen-bond acceptors (Lipinski definition) is 4. The number of aromatic amines is 1. The smallest absolute Gasteiger partial charge is 0.330 e. The van der Waals surface area contributed by atoms with Crippen LogP contribution in [0.2, 0.25) is 0 Å². The number of hydrogen-bond donors (Lipinski definition) is 3. The Morgan fingerprint density at radius 1 is 1.45 bits per heavy atom. The van der Waals surface area contributed by atoms with Crippen LogP contribution >= 0.6 is 0 Å². The van der Waals surface area contributed by atoms with Crippen LogP contribution in [-0.4, -0.2) is 15.6 Å². The third kappa shape index (κ3) is 3.12. The normalized spacial score (nSPS) is 18.4. The van der Waals surface area contributed by atoms with E-state index in [-0.39, 0.29) is 17.8 Å². The van der Waals surface area contributed by atoms with E-state index in [1.54, 1.807) is 0 Å². The zero-order chi connectivity index (χ0) is 14.7. The van der Waals surface area contributed by atoms with Crippen molar-refractivity contribution in [2.24, 2.45) is 5.92 Å². The van der Waals surface area contributed by atoms with E-state index in [4.69, 9.17) is 5.73 Å². The first-order chi connectivity index (χ1) is 9.49. The number of anilines is 2. The largest absolute Gasteiger partial charge is 0.383 e. The second-order valence-electron chi connectivity index (χ2n) is 5.65. The summed E-state index contributed by atoms with van der Waals surface area (Å²) < 4.78 is 1.42. The van der Waals surface area contributed by atoms with Gasteiger partial charge < -0.3 is 11.1 Å². The van der Waals surface area contributed by atoms with Crippen LogP contribution < -0.4 is 22.3 Å². The highest BCUT2D eigenvalue weighted by Crippen LogP contribution is 2.18. The van der Waals surface area contributed by atoms with Crippen molar-refractivity contribution in [1.82, 2.24) is 9.55 Å². The molecule has 6 heteroatoms. The number of nitrogens with two attached hydrogens (primary N) is 1. The number of nitrogens with one attached hydrogen (secondary N) is 2. The summed E-state index contributed by atoms with van der Waals surface area (Å²) in [6.45, 7) is 4.48. The highest BCUT2D eigenvalue weighted by molar-refractivity contribution is 5.61. The predicted molar refractivity (Wildman–Crippen MR) is 81.0 cm³/mol. The molecule has 1 aromatic heterocycles. The van der Waals surface area contributed by atoms with Crippen molar-refractivity contribution in [2.45, 2.75) is 45.7 Å². The first-order valence-corrected chi connectivity index (χ1v) is 7.03. The molecule has 6 nitrogen and oxygen atoms in total. The zero-order valence-electron chi connectivity index (χ0n) is 12.0. The maximum Gasteiger partial charge on any atom is 0.330 e. The van der Waals surface area contributed by atoms with E-state index in [1.165, 1.54) is 4.57 Å². The summed E-state index contributed by atoms with van der Waals surface area (Å²) in [5.41, 5.74) is 5.43. The Bertz CT molecular complexity index is 613. The lowest BCUT2D eigenvalue weighted by molar-refractivity contribution is 0.507. The second-order valence-corrected chi connectivity index (χ2v) is 5.65. The van der Waals surface area contributed by atoms with Gasteiger partial charge in [0, 0.05) is 12.6 Å². The van der Waals surface area contributed by atoms with Gasteiger partial charge in [0.15, 0.2) is 0 Å². The summed E-state index contributed by atoms with van der Waals surface area (Å²) in [7, 11) is 0. The molecule has 1 aliphatic carbocycles. The highest BCUT2D eigenvalue weighted by Gasteiger charge is 2.17. The van der Waals surface area contributed by atoms with Crippen molar-refractivity contribution in [3.8, 4) is 0 Å². The van der Waals surface area contributed by atoms with E-state index in [0.717, 1.165) is 19.3 Å². The summed E-state index contributed by atoms with van der Waals surface area (Å²) in [5.74, 6) is 0.494. The molecule has 0 saturated heterocycles. The van der Waals surface area contributed by atoms with Gasteiger partial charge in [0.05, 0.1) is 0 Å². The third-order valence-electron chi connectivity index (χ3n) is 3.40. The number of H-pyrrole nitrogens is 1. The van der Waals surface area contributed by atoms with E-state index in [2.05, 4.69) is 22.5 Å². The van der Waals surface area contributed by atoms with E-state index < -0.39 is 11.2 Å². The van der Waals surface area contributed by atoms with E-state index in [9.17, 15) is 9.59 Å². The molecule has 1 atom stereocenters. The van der Waals surface area contributed by atoms with Gasteiger partial charge in [-0.3, -0.25) is 14.3 Å². The van der Waals surface area contributed by atoms with Crippen molar-refractivity contribution >= 4 is 11.5 Å². The van der Waals surface area contributed by atoms with Crippen LogP contribution in [0.15, 0.2) is 21.7 Å². The van der Waals surface area contributed by atoms with Crippen LogP contribution in [-0.2, 0) is 6.54 Å². The number of aromatic nitrogens is 2. The van der Waals surface area contributed by atoms with E-state index in [0.29, 0.717) is 12.2 Å². The lowest BCUT2D eigenvalue weighted by atomic mass is 10.0. The molecule has 110 valence electrons. The predicted octanol–water partition coefficient (Wildman–Crippen LogP) is 1.30. The molecule has 0 amide bonds. The van der Waals surface area contributed by atoms with Gasteiger partial charge in [-0.15, -0.1) is 0 Å². The molecular formula is C14H22N4O2. The van der Waals surface area contributed by atoms with Gasteiger partial charge in [0.1, 0.15) is 11.5 Å². The molecule has 1 unspecified atom stereocenters. The van der Waals surface area contributed by atoms with E-state index >= 15 is 0 Å². The number of rotatable bonds is 4. The van der Waals surface area contributed by atoms with Gasteiger partial charge in [-0.25, -0.2) is 4.79 Å². The first-order valence-electron chi connectivity index (χ1n) is 7.03. The molecule has 2 rings (SSSR count). The third-order valence-corrected chi connectivity index (χ3v) is 3.40. The Balaban J connectivity index is 2.34. The lowest BCUT2D eigenvalue weighted by Gasteiger charge is -2.22. The number of allylic oxidation sites excluding steroid dienone is 1. The minimum absolute atomic E-state index is 0.188. The molecule has 1 heterocycles. The standard InChI is InChI=1S/C14H22N4O2/c1-9(2)8-18-12(15)11(13(19)17-14(18)20)16-10-6-4-3-5-7-10/h3-4,9-10,16H,5-8,15H2,1-2H3,(H,17,19,20). The van der Waals surface area contributed by atoms with Crippen LogP contribution in [0.4, 0.5) is 11.5 Å². The van der Waals surface area contributed by atoms with Gasteiger partial charge in [-0.2, -0.15) is 0 Å². The highest BCUT2D eigenvalue weighted by atomic mass is 16.2. The van der Waals surface area contributed by atoms with Crippen LogP contribution in [0.25, 0.3) is 0 Å². The Kier molecular flexibility index (Phi) is 4.32. The minimum Gasteiger partial charge on any atom is -0.383 e. The second kappa shape index (κ2) is 5.98. The van der Waals surface area contributed by atoms with Gasteiger partial charge >= 0.3 is 5.69 Å². The topological polar surface area (TPSA) is 92.9 Å². The molecule has 0 aromatic carbocycles. The molecule has 0 fully saturated rings. The Hall–Kier alpha value is -1.98. The Morgan fingerprint density at radius 2 is 2.20 bits per heavy atom. The van der Waals surface area contributed by atoms with Crippen molar-refractivity contribution in [1.29, 1.82) is 0 Å². The summed E-state index contributed by atoms with van der Waals surface area (Å²) in [6.07, 6.45) is 7.03. The molecule has 0 spiro atoms. The maximum absolute atomic E-state index is 11.9. The summed E-state index contributed by atoms with van der Waals surface area (Å²) in [4.78, 5) is 26.1. The SMILES string of the molecule is CC(C)Cn1c(N)c(NC2CC=CCC2)c(=O)[nH]c1=O. The van der Waals surface area contributed by atoms with Crippen LogP contribution in [0, 0.1) is 5.92 Å².